The van der Waals surface area contributed by atoms with Crippen molar-refractivity contribution in [2.75, 3.05) is 13.1 Å². The lowest BCUT2D eigenvalue weighted by Crippen LogP contribution is -2.35. The summed E-state index contributed by atoms with van der Waals surface area (Å²) in [5, 5.41) is 8.92. The third-order valence-electron chi connectivity index (χ3n) is 2.30. The van der Waals surface area contributed by atoms with Gasteiger partial charge in [-0.15, -0.1) is 0 Å². The first-order valence-electron chi connectivity index (χ1n) is 5.83. The largest absolute Gasteiger partial charge is 0.336 e. The van der Waals surface area contributed by atoms with E-state index in [1.54, 1.807) is 23.1 Å². The average molecular weight is 266 g/mol. The third-order valence-corrected chi connectivity index (χ3v) is 2.51. The van der Waals surface area contributed by atoms with E-state index in [0.29, 0.717) is 36.3 Å². The molecule has 0 N–H and O–H groups in total. The standard InChI is InChI=1S/C13H16ClN3O/c1-10(2)9-17(8-4-7-15)13(18)11-5-3-6-12(14)16-11/h3,5-6,10H,4,8-9H2,1-2H3. The fourth-order valence-corrected chi connectivity index (χ4v) is 1.75. The number of carbonyl (C=O) groups is 1. The number of rotatable bonds is 5. The Morgan fingerprint density at radius 3 is 2.83 bits per heavy atom. The Bertz CT molecular complexity index is 454. The van der Waals surface area contributed by atoms with E-state index in [1.807, 2.05) is 19.9 Å². The van der Waals surface area contributed by atoms with E-state index in [-0.39, 0.29) is 5.91 Å². The zero-order valence-corrected chi connectivity index (χ0v) is 11.3. The molecule has 1 aromatic rings. The first kappa shape index (κ1) is 14.5. The molecular formula is C13H16ClN3O. The number of nitrogens with zero attached hydrogens (tertiary/aromatic N) is 3. The van der Waals surface area contributed by atoms with Crippen LogP contribution < -0.4 is 0 Å². The number of hydrogen-bond acceptors (Lipinski definition) is 3. The molecule has 1 aromatic heterocycles. The minimum Gasteiger partial charge on any atom is -0.336 e. The minimum absolute atomic E-state index is 0.179. The monoisotopic (exact) mass is 265 g/mol. The highest BCUT2D eigenvalue weighted by Crippen LogP contribution is 2.10. The predicted octanol–water partition coefficient (Wildman–Crippen LogP) is 2.75. The van der Waals surface area contributed by atoms with Crippen molar-refractivity contribution in [3.05, 3.63) is 29.0 Å². The first-order valence-corrected chi connectivity index (χ1v) is 6.21. The minimum atomic E-state index is -0.179. The van der Waals surface area contributed by atoms with Crippen LogP contribution in [0, 0.1) is 17.2 Å². The Balaban J connectivity index is 2.84. The number of aromatic nitrogens is 1. The molecule has 0 spiro atoms. The van der Waals surface area contributed by atoms with Crippen molar-refractivity contribution < 1.29 is 4.79 Å². The molecule has 1 amide bonds. The number of nitriles is 1. The maximum absolute atomic E-state index is 12.2. The predicted molar refractivity (Wildman–Crippen MR) is 70.2 cm³/mol. The van der Waals surface area contributed by atoms with Gasteiger partial charge in [0.2, 0.25) is 0 Å². The fourth-order valence-electron chi connectivity index (χ4n) is 1.59. The average Bonchev–Trinajstić information content (AvgIpc) is 2.33. The second-order valence-electron chi connectivity index (χ2n) is 4.40. The number of hydrogen-bond donors (Lipinski definition) is 0. The van der Waals surface area contributed by atoms with Crippen molar-refractivity contribution in [1.29, 1.82) is 5.26 Å². The molecule has 1 rings (SSSR count). The zero-order chi connectivity index (χ0) is 13.5. The molecule has 0 fully saturated rings. The molecule has 0 aromatic carbocycles. The SMILES string of the molecule is CC(C)CN(CCC#N)C(=O)c1cccc(Cl)n1. The summed E-state index contributed by atoms with van der Waals surface area (Å²) in [6.45, 7) is 5.08. The number of amides is 1. The number of pyridine rings is 1. The summed E-state index contributed by atoms with van der Waals surface area (Å²) in [5.41, 5.74) is 0.320. The van der Waals surface area contributed by atoms with Crippen molar-refractivity contribution in [3.8, 4) is 6.07 Å². The fraction of sp³-hybridized carbons (Fsp3) is 0.462. The van der Waals surface area contributed by atoms with Gasteiger partial charge in [-0.1, -0.05) is 31.5 Å². The van der Waals surface area contributed by atoms with Crippen molar-refractivity contribution in [2.24, 2.45) is 5.92 Å². The van der Waals surface area contributed by atoms with E-state index in [2.05, 4.69) is 4.98 Å². The molecule has 1 heterocycles. The molecule has 96 valence electrons. The van der Waals surface area contributed by atoms with Gasteiger partial charge in [0.1, 0.15) is 10.8 Å². The van der Waals surface area contributed by atoms with E-state index >= 15 is 0 Å². The Hall–Kier alpha value is -1.60. The van der Waals surface area contributed by atoms with Gasteiger partial charge in [0.05, 0.1) is 12.5 Å². The van der Waals surface area contributed by atoms with Crippen molar-refractivity contribution in [1.82, 2.24) is 9.88 Å². The van der Waals surface area contributed by atoms with Gasteiger partial charge in [-0.3, -0.25) is 4.79 Å². The van der Waals surface area contributed by atoms with Crippen molar-refractivity contribution >= 4 is 17.5 Å². The molecule has 0 bridgehead atoms. The second-order valence-corrected chi connectivity index (χ2v) is 4.79. The Morgan fingerprint density at radius 2 is 2.28 bits per heavy atom. The van der Waals surface area contributed by atoms with Crippen LogP contribution in [0.25, 0.3) is 0 Å². The maximum atomic E-state index is 12.2. The van der Waals surface area contributed by atoms with E-state index in [0.717, 1.165) is 0 Å². The van der Waals surface area contributed by atoms with Crippen LogP contribution in [-0.4, -0.2) is 28.9 Å². The lowest BCUT2D eigenvalue weighted by molar-refractivity contribution is 0.0734. The Morgan fingerprint density at radius 1 is 1.56 bits per heavy atom. The second kappa shape index (κ2) is 6.97. The molecule has 0 aliphatic rings. The highest BCUT2D eigenvalue weighted by atomic mass is 35.5. The first-order chi connectivity index (χ1) is 8.54. The van der Waals surface area contributed by atoms with Gasteiger partial charge in [-0.05, 0) is 18.1 Å². The molecule has 5 heteroatoms. The Labute approximate surface area is 112 Å². The molecule has 4 nitrogen and oxygen atoms in total. The summed E-state index contributed by atoms with van der Waals surface area (Å²) in [7, 11) is 0. The molecular weight excluding hydrogens is 250 g/mol. The highest BCUT2D eigenvalue weighted by molar-refractivity contribution is 6.29. The van der Waals surface area contributed by atoms with Crippen LogP contribution >= 0.6 is 11.6 Å². The lowest BCUT2D eigenvalue weighted by Gasteiger charge is -2.23. The molecule has 0 radical (unpaired) electrons. The topological polar surface area (TPSA) is 57.0 Å². The van der Waals surface area contributed by atoms with Crippen LogP contribution in [0.1, 0.15) is 30.8 Å². The maximum Gasteiger partial charge on any atom is 0.272 e. The molecule has 0 saturated heterocycles. The number of carbonyl (C=O) groups excluding carboxylic acids is 1. The summed E-state index contributed by atoms with van der Waals surface area (Å²) in [6, 6.07) is 7.00. The van der Waals surface area contributed by atoms with E-state index in [4.69, 9.17) is 16.9 Å². The summed E-state index contributed by atoms with van der Waals surface area (Å²) in [4.78, 5) is 17.9. The van der Waals surface area contributed by atoms with Crippen LogP contribution in [0.4, 0.5) is 0 Å². The van der Waals surface area contributed by atoms with Crippen molar-refractivity contribution in [3.63, 3.8) is 0 Å². The third kappa shape index (κ3) is 4.34. The molecule has 18 heavy (non-hydrogen) atoms. The van der Waals surface area contributed by atoms with Crippen LogP contribution in [0.15, 0.2) is 18.2 Å². The lowest BCUT2D eigenvalue weighted by atomic mass is 10.2. The van der Waals surface area contributed by atoms with Gasteiger partial charge in [0, 0.05) is 13.1 Å². The summed E-state index contributed by atoms with van der Waals surface area (Å²) < 4.78 is 0. The van der Waals surface area contributed by atoms with Crippen LogP contribution in [0.2, 0.25) is 5.15 Å². The molecule has 0 unspecified atom stereocenters. The van der Waals surface area contributed by atoms with Crippen LogP contribution in [0.3, 0.4) is 0 Å². The zero-order valence-electron chi connectivity index (χ0n) is 10.6. The van der Waals surface area contributed by atoms with E-state index in [1.165, 1.54) is 0 Å². The summed E-state index contributed by atoms with van der Waals surface area (Å²) >= 11 is 5.77. The molecule has 0 atom stereocenters. The summed E-state index contributed by atoms with van der Waals surface area (Å²) in [5.74, 6) is 0.160. The van der Waals surface area contributed by atoms with Gasteiger partial charge in [0.25, 0.3) is 5.91 Å². The van der Waals surface area contributed by atoms with Gasteiger partial charge >= 0.3 is 0 Å². The molecule has 0 saturated carbocycles. The smallest absolute Gasteiger partial charge is 0.272 e. The van der Waals surface area contributed by atoms with E-state index in [9.17, 15) is 4.79 Å². The number of halogens is 1. The molecule has 0 aliphatic heterocycles. The van der Waals surface area contributed by atoms with Crippen LogP contribution in [0.5, 0.6) is 0 Å². The van der Waals surface area contributed by atoms with Gasteiger partial charge < -0.3 is 4.90 Å². The van der Waals surface area contributed by atoms with E-state index < -0.39 is 0 Å². The van der Waals surface area contributed by atoms with Gasteiger partial charge in [-0.25, -0.2) is 4.98 Å². The quantitative estimate of drug-likeness (QED) is 0.769. The normalized spacial score (nSPS) is 10.2. The summed E-state index contributed by atoms with van der Waals surface area (Å²) in [6.07, 6.45) is 0.318. The van der Waals surface area contributed by atoms with Crippen molar-refractivity contribution in [2.45, 2.75) is 20.3 Å². The van der Waals surface area contributed by atoms with Gasteiger partial charge in [-0.2, -0.15) is 5.26 Å². The highest BCUT2D eigenvalue weighted by Gasteiger charge is 2.17. The van der Waals surface area contributed by atoms with Crippen LogP contribution in [-0.2, 0) is 0 Å². The Kier molecular flexibility index (Phi) is 5.60. The molecule has 0 aliphatic carbocycles. The van der Waals surface area contributed by atoms with Gasteiger partial charge in [0.15, 0.2) is 0 Å².